The molecule has 0 saturated heterocycles. The molecule has 0 radical (unpaired) electrons. The maximum Gasteiger partial charge on any atom is 0.341 e. The molecule has 0 aliphatic heterocycles. The quantitative estimate of drug-likeness (QED) is 0.450. The molecule has 0 amide bonds. The monoisotopic (exact) mass is 481 g/mol. The summed E-state index contributed by atoms with van der Waals surface area (Å²) in [4.78, 5) is 20.3. The average Bonchev–Trinajstić information content (AvgIpc) is 3.28. The van der Waals surface area contributed by atoms with Crippen molar-refractivity contribution in [3.8, 4) is 0 Å². The smallest absolute Gasteiger partial charge is 0.341 e. The molecular weight excluding hydrogens is 461 g/mol. The van der Waals surface area contributed by atoms with Crippen LogP contribution >= 0.6 is 22.6 Å². The number of anilines is 1. The van der Waals surface area contributed by atoms with Crippen LogP contribution in [0.1, 0.15) is 55.0 Å². The fourth-order valence-electron chi connectivity index (χ4n) is 3.63. The van der Waals surface area contributed by atoms with E-state index in [0.29, 0.717) is 18.0 Å². The number of carbonyl (C=O) groups excluding carboxylic acids is 1. The molecule has 0 atom stereocenters. The molecule has 2 N–H and O–H groups in total. The summed E-state index contributed by atoms with van der Waals surface area (Å²) in [6.07, 6.45) is 8.65. The second-order valence-corrected chi connectivity index (χ2v) is 7.61. The van der Waals surface area contributed by atoms with Crippen LogP contribution in [0.3, 0.4) is 0 Å². The van der Waals surface area contributed by atoms with Gasteiger partial charge >= 0.3 is 5.97 Å². The van der Waals surface area contributed by atoms with Gasteiger partial charge in [-0.15, -0.1) is 0 Å². The molecule has 142 valence electrons. The van der Waals surface area contributed by atoms with Gasteiger partial charge in [0.05, 0.1) is 35.8 Å². The molecular formula is C17H20IN7O2. The maximum absolute atomic E-state index is 11.8. The molecule has 1 aliphatic rings. The Kier molecular flexibility index (Phi) is 4.98. The van der Waals surface area contributed by atoms with Gasteiger partial charge in [0.2, 0.25) is 0 Å². The van der Waals surface area contributed by atoms with Crippen LogP contribution in [-0.2, 0) is 4.74 Å². The Balaban J connectivity index is 1.48. The van der Waals surface area contributed by atoms with E-state index in [1.807, 2.05) is 9.36 Å². The summed E-state index contributed by atoms with van der Waals surface area (Å²) < 4.78 is 9.72. The molecule has 9 nitrogen and oxygen atoms in total. The highest BCUT2D eigenvalue weighted by molar-refractivity contribution is 14.1. The molecule has 1 fully saturated rings. The Hall–Kier alpha value is -2.24. The van der Waals surface area contributed by atoms with Crippen LogP contribution in [0.25, 0.3) is 11.0 Å². The standard InChI is InChI=1S/C17H20IN7O2/c1-2-27-17(26)10-7-22-24(8-10)11-3-5-12(6-4-11)25-16-13(14(18)23-25)15(19)20-9-21-16/h7-9,11-12H,2-6H2,1H3,(H2,19,20,21)/t11-,12-. The lowest BCUT2D eigenvalue weighted by Gasteiger charge is -2.29. The highest BCUT2D eigenvalue weighted by atomic mass is 127. The first-order chi connectivity index (χ1) is 13.1. The molecule has 3 heterocycles. The number of halogens is 1. The van der Waals surface area contributed by atoms with E-state index in [1.165, 1.54) is 6.33 Å². The van der Waals surface area contributed by atoms with Crippen LogP contribution in [0.15, 0.2) is 18.7 Å². The number of nitrogen functional groups attached to an aromatic ring is 1. The Bertz CT molecular complexity index is 975. The van der Waals surface area contributed by atoms with Crippen molar-refractivity contribution >= 4 is 45.4 Å². The van der Waals surface area contributed by atoms with Crippen molar-refractivity contribution in [2.45, 2.75) is 44.7 Å². The van der Waals surface area contributed by atoms with Crippen molar-refractivity contribution in [2.24, 2.45) is 0 Å². The molecule has 3 aromatic rings. The Morgan fingerprint density at radius 1 is 1.30 bits per heavy atom. The number of aromatic nitrogens is 6. The minimum Gasteiger partial charge on any atom is -0.462 e. The van der Waals surface area contributed by atoms with Crippen molar-refractivity contribution in [3.63, 3.8) is 0 Å². The predicted octanol–water partition coefficient (Wildman–Crippen LogP) is 2.74. The van der Waals surface area contributed by atoms with Gasteiger partial charge in [-0.05, 0) is 55.2 Å². The van der Waals surface area contributed by atoms with Crippen LogP contribution in [0.2, 0.25) is 0 Å². The van der Waals surface area contributed by atoms with Gasteiger partial charge in [0.15, 0.2) is 5.65 Å². The number of nitrogens with zero attached hydrogens (tertiary/aromatic N) is 6. The third kappa shape index (κ3) is 3.37. The summed E-state index contributed by atoms with van der Waals surface area (Å²) in [6, 6.07) is 0.534. The zero-order chi connectivity index (χ0) is 19.0. The lowest BCUT2D eigenvalue weighted by atomic mass is 9.91. The van der Waals surface area contributed by atoms with Crippen LogP contribution < -0.4 is 5.73 Å². The third-order valence-corrected chi connectivity index (χ3v) is 5.73. The molecule has 4 rings (SSSR count). The van der Waals surface area contributed by atoms with Crippen molar-refractivity contribution in [1.29, 1.82) is 0 Å². The molecule has 0 unspecified atom stereocenters. The first-order valence-corrected chi connectivity index (χ1v) is 10.0. The van der Waals surface area contributed by atoms with Gasteiger partial charge in [0.1, 0.15) is 15.8 Å². The van der Waals surface area contributed by atoms with Gasteiger partial charge in [-0.2, -0.15) is 10.2 Å². The van der Waals surface area contributed by atoms with Gasteiger partial charge in [-0.1, -0.05) is 0 Å². The first kappa shape index (κ1) is 18.1. The Morgan fingerprint density at radius 2 is 2.04 bits per heavy atom. The highest BCUT2D eigenvalue weighted by Crippen LogP contribution is 2.36. The molecule has 0 aromatic carbocycles. The molecule has 27 heavy (non-hydrogen) atoms. The average molecular weight is 481 g/mol. The van der Waals surface area contributed by atoms with E-state index in [2.05, 4.69) is 42.8 Å². The number of rotatable bonds is 4. The van der Waals surface area contributed by atoms with Gasteiger partial charge in [0.25, 0.3) is 0 Å². The lowest BCUT2D eigenvalue weighted by Crippen LogP contribution is -2.22. The number of hydrogen-bond acceptors (Lipinski definition) is 7. The minimum atomic E-state index is -0.327. The predicted molar refractivity (Wildman–Crippen MR) is 107 cm³/mol. The molecule has 10 heteroatoms. The number of nitrogens with two attached hydrogens (primary N) is 1. The number of esters is 1. The second kappa shape index (κ2) is 7.41. The van der Waals surface area contributed by atoms with E-state index in [0.717, 1.165) is 40.4 Å². The summed E-state index contributed by atoms with van der Waals surface area (Å²) in [5.41, 5.74) is 7.28. The zero-order valence-electron chi connectivity index (χ0n) is 14.9. The lowest BCUT2D eigenvalue weighted by molar-refractivity contribution is 0.0526. The van der Waals surface area contributed by atoms with Crippen molar-refractivity contribution < 1.29 is 9.53 Å². The second-order valence-electron chi connectivity index (χ2n) is 6.58. The number of ether oxygens (including phenoxy) is 1. The van der Waals surface area contributed by atoms with Crippen LogP contribution in [0.5, 0.6) is 0 Å². The Morgan fingerprint density at radius 3 is 2.78 bits per heavy atom. The van der Waals surface area contributed by atoms with Gasteiger partial charge < -0.3 is 10.5 Å². The van der Waals surface area contributed by atoms with Crippen molar-refractivity contribution in [1.82, 2.24) is 29.5 Å². The number of fused-ring (bicyclic) bond motifs is 1. The van der Waals surface area contributed by atoms with Crippen molar-refractivity contribution in [3.05, 3.63) is 28.0 Å². The van der Waals surface area contributed by atoms with Gasteiger partial charge in [0, 0.05) is 6.20 Å². The highest BCUT2D eigenvalue weighted by Gasteiger charge is 2.27. The van der Waals surface area contributed by atoms with E-state index >= 15 is 0 Å². The van der Waals surface area contributed by atoms with E-state index in [4.69, 9.17) is 10.5 Å². The van der Waals surface area contributed by atoms with Gasteiger partial charge in [-0.3, -0.25) is 4.68 Å². The minimum absolute atomic E-state index is 0.265. The molecule has 0 spiro atoms. The normalized spacial score (nSPS) is 20.1. The topological polar surface area (TPSA) is 114 Å². The summed E-state index contributed by atoms with van der Waals surface area (Å²) in [6.45, 7) is 2.15. The first-order valence-electron chi connectivity index (χ1n) is 8.94. The third-order valence-electron chi connectivity index (χ3n) is 4.97. The molecule has 1 saturated carbocycles. The van der Waals surface area contributed by atoms with Crippen LogP contribution in [-0.4, -0.2) is 42.1 Å². The fourth-order valence-corrected chi connectivity index (χ4v) is 4.38. The number of carbonyl (C=O) groups is 1. The summed E-state index contributed by atoms with van der Waals surface area (Å²) >= 11 is 2.18. The maximum atomic E-state index is 11.8. The Labute approximate surface area is 169 Å². The van der Waals surface area contributed by atoms with Crippen LogP contribution in [0, 0.1) is 3.70 Å². The van der Waals surface area contributed by atoms with E-state index < -0.39 is 0 Å². The molecule has 3 aromatic heterocycles. The van der Waals surface area contributed by atoms with Gasteiger partial charge in [-0.25, -0.2) is 19.4 Å². The van der Waals surface area contributed by atoms with E-state index in [9.17, 15) is 4.79 Å². The molecule has 1 aliphatic carbocycles. The summed E-state index contributed by atoms with van der Waals surface area (Å²) in [5.74, 6) is 0.139. The molecule has 0 bridgehead atoms. The van der Waals surface area contributed by atoms with Crippen LogP contribution in [0.4, 0.5) is 5.82 Å². The van der Waals surface area contributed by atoms with E-state index in [-0.39, 0.29) is 18.1 Å². The summed E-state index contributed by atoms with van der Waals surface area (Å²) in [7, 11) is 0. The number of hydrogen-bond donors (Lipinski definition) is 1. The van der Waals surface area contributed by atoms with E-state index in [1.54, 1.807) is 19.3 Å². The zero-order valence-corrected chi connectivity index (χ0v) is 17.0. The SMILES string of the molecule is CCOC(=O)c1cnn([C@H]2CC[C@H](n3nc(I)c4c(N)ncnc43)CC2)c1. The van der Waals surface area contributed by atoms with Crippen molar-refractivity contribution in [2.75, 3.05) is 12.3 Å². The largest absolute Gasteiger partial charge is 0.462 e. The summed E-state index contributed by atoms with van der Waals surface area (Å²) in [5, 5.41) is 9.84. The fraction of sp³-hybridized carbons (Fsp3) is 0.471.